The maximum Gasteiger partial charge on any atom is 0.301 e. The summed E-state index contributed by atoms with van der Waals surface area (Å²) in [5.41, 5.74) is 1.99. The van der Waals surface area contributed by atoms with E-state index in [4.69, 9.17) is 0 Å². The zero-order chi connectivity index (χ0) is 24.0. The third-order valence-corrected chi connectivity index (χ3v) is 6.53. The van der Waals surface area contributed by atoms with Gasteiger partial charge in [-0.1, -0.05) is 47.2 Å². The van der Waals surface area contributed by atoms with E-state index in [1.807, 2.05) is 6.92 Å². The molecule has 1 fully saturated rings. The van der Waals surface area contributed by atoms with Gasteiger partial charge in [0.2, 0.25) is 0 Å². The number of nitrogens with zero attached hydrogens (tertiary/aromatic N) is 4. The molecule has 5 rings (SSSR count). The second kappa shape index (κ2) is 8.16. The van der Waals surface area contributed by atoms with Crippen molar-refractivity contribution in [3.05, 3.63) is 99.4 Å². The van der Waals surface area contributed by atoms with Gasteiger partial charge in [-0.25, -0.2) is 4.98 Å². The molecular formula is C24H16N4O5S. The molecule has 10 heteroatoms. The predicted octanol–water partition coefficient (Wildman–Crippen LogP) is 4.53. The van der Waals surface area contributed by atoms with Gasteiger partial charge in [-0.05, 0) is 25.1 Å². The summed E-state index contributed by atoms with van der Waals surface area (Å²) in [6.07, 6.45) is 1.53. The highest BCUT2D eigenvalue weighted by Crippen LogP contribution is 2.44. The third kappa shape index (κ3) is 3.50. The SMILES string of the molecule is Cc1ccc(/C(O)=C2\C(=O)C(=O)N(c3nc4ccc([N+](=O)[O-])cc4s3)C2c2ccccn2)cc1. The minimum absolute atomic E-state index is 0.0993. The Labute approximate surface area is 196 Å². The molecule has 0 aliphatic carbocycles. The molecule has 9 nitrogen and oxygen atoms in total. The first-order valence-corrected chi connectivity index (χ1v) is 11.0. The molecule has 1 unspecified atom stereocenters. The van der Waals surface area contributed by atoms with Crippen molar-refractivity contribution >= 4 is 49.8 Å². The van der Waals surface area contributed by atoms with Gasteiger partial charge in [-0.15, -0.1) is 0 Å². The summed E-state index contributed by atoms with van der Waals surface area (Å²) in [5, 5.41) is 22.4. The Hall–Kier alpha value is -4.44. The first-order chi connectivity index (χ1) is 16.3. The average molecular weight is 472 g/mol. The lowest BCUT2D eigenvalue weighted by atomic mass is 9.98. The Morgan fingerprint density at radius 2 is 1.88 bits per heavy atom. The van der Waals surface area contributed by atoms with Crippen LogP contribution in [0.15, 0.2) is 72.4 Å². The monoisotopic (exact) mass is 472 g/mol. The highest BCUT2D eigenvalue weighted by molar-refractivity contribution is 7.22. The summed E-state index contributed by atoms with van der Waals surface area (Å²) in [6, 6.07) is 15.2. The summed E-state index contributed by atoms with van der Waals surface area (Å²) >= 11 is 1.05. The van der Waals surface area contributed by atoms with E-state index in [-0.39, 0.29) is 22.2 Å². The highest BCUT2D eigenvalue weighted by atomic mass is 32.1. The molecule has 168 valence electrons. The molecule has 1 atom stereocenters. The van der Waals surface area contributed by atoms with Crippen LogP contribution in [0.5, 0.6) is 0 Å². The van der Waals surface area contributed by atoms with Gasteiger partial charge in [0.25, 0.3) is 11.5 Å². The molecule has 0 saturated carbocycles. The maximum absolute atomic E-state index is 13.2. The number of nitro groups is 1. The summed E-state index contributed by atoms with van der Waals surface area (Å²) in [5.74, 6) is -2.04. The number of ketones is 1. The second-order valence-electron chi connectivity index (χ2n) is 7.70. The van der Waals surface area contributed by atoms with E-state index in [2.05, 4.69) is 9.97 Å². The lowest BCUT2D eigenvalue weighted by Crippen LogP contribution is -2.29. The number of rotatable bonds is 4. The lowest BCUT2D eigenvalue weighted by molar-refractivity contribution is -0.384. The average Bonchev–Trinajstić information content (AvgIpc) is 3.37. The number of hydrogen-bond donors (Lipinski definition) is 1. The molecule has 0 spiro atoms. The Kier molecular flexibility index (Phi) is 5.14. The molecule has 2 aromatic heterocycles. The van der Waals surface area contributed by atoms with E-state index in [0.717, 1.165) is 16.9 Å². The van der Waals surface area contributed by atoms with Crippen LogP contribution in [0.4, 0.5) is 10.8 Å². The smallest absolute Gasteiger partial charge is 0.301 e. The van der Waals surface area contributed by atoms with E-state index >= 15 is 0 Å². The topological polar surface area (TPSA) is 127 Å². The number of aliphatic hydroxyl groups excluding tert-OH is 1. The number of benzene rings is 2. The fourth-order valence-electron chi connectivity index (χ4n) is 3.83. The minimum Gasteiger partial charge on any atom is -0.507 e. The van der Waals surface area contributed by atoms with Crippen LogP contribution in [-0.2, 0) is 9.59 Å². The van der Waals surface area contributed by atoms with Crippen LogP contribution >= 0.6 is 11.3 Å². The van der Waals surface area contributed by atoms with Crippen molar-refractivity contribution in [3.8, 4) is 0 Å². The molecule has 4 aromatic rings. The largest absolute Gasteiger partial charge is 0.507 e. The van der Waals surface area contributed by atoms with Gasteiger partial charge in [0.05, 0.1) is 26.4 Å². The number of hydrogen-bond acceptors (Lipinski definition) is 8. The zero-order valence-electron chi connectivity index (χ0n) is 17.7. The van der Waals surface area contributed by atoms with E-state index in [1.165, 1.54) is 29.3 Å². The van der Waals surface area contributed by atoms with Crippen LogP contribution in [-0.4, -0.2) is 31.7 Å². The highest BCUT2D eigenvalue weighted by Gasteiger charge is 2.48. The number of anilines is 1. The molecule has 1 saturated heterocycles. The van der Waals surface area contributed by atoms with Crippen LogP contribution in [0.2, 0.25) is 0 Å². The number of carbonyl (C=O) groups excluding carboxylic acids is 2. The Balaban J connectivity index is 1.70. The van der Waals surface area contributed by atoms with Crippen molar-refractivity contribution in [2.45, 2.75) is 13.0 Å². The number of Topliss-reactive ketones (excluding diaryl/α,β-unsaturated/α-hetero) is 1. The van der Waals surface area contributed by atoms with Crippen molar-refractivity contribution < 1.29 is 19.6 Å². The van der Waals surface area contributed by atoms with E-state index in [1.54, 1.807) is 42.5 Å². The molecule has 1 aliphatic rings. The number of aryl methyl sites for hydroxylation is 1. The quantitative estimate of drug-likeness (QED) is 0.152. The van der Waals surface area contributed by atoms with E-state index in [0.29, 0.717) is 21.5 Å². The molecule has 2 aromatic carbocycles. The standard InChI is InChI=1S/C24H16N4O5S/c1-13-5-7-14(8-6-13)21(29)19-20(17-4-2-3-11-25-17)27(23(31)22(19)30)24-26-16-10-9-15(28(32)33)12-18(16)34-24/h2-12,20,29H,1H3/b21-19+. The third-order valence-electron chi connectivity index (χ3n) is 5.51. The van der Waals surface area contributed by atoms with Gasteiger partial charge in [0, 0.05) is 23.9 Å². The van der Waals surface area contributed by atoms with Gasteiger partial charge < -0.3 is 5.11 Å². The Bertz CT molecular complexity index is 1500. The number of pyridine rings is 1. The fourth-order valence-corrected chi connectivity index (χ4v) is 4.86. The second-order valence-corrected chi connectivity index (χ2v) is 8.70. The van der Waals surface area contributed by atoms with Crippen molar-refractivity contribution in [3.63, 3.8) is 0 Å². The van der Waals surface area contributed by atoms with Crippen LogP contribution in [0.3, 0.4) is 0 Å². The first-order valence-electron chi connectivity index (χ1n) is 10.2. The summed E-state index contributed by atoms with van der Waals surface area (Å²) in [4.78, 5) is 47.0. The van der Waals surface area contributed by atoms with Crippen molar-refractivity contribution in [2.24, 2.45) is 0 Å². The number of non-ortho nitro benzene ring substituents is 1. The number of aromatic nitrogens is 2. The predicted molar refractivity (Wildman–Crippen MR) is 126 cm³/mol. The van der Waals surface area contributed by atoms with Crippen LogP contribution in [0, 0.1) is 17.0 Å². The zero-order valence-corrected chi connectivity index (χ0v) is 18.5. The van der Waals surface area contributed by atoms with E-state index in [9.17, 15) is 24.8 Å². The fraction of sp³-hybridized carbons (Fsp3) is 0.0833. The number of thiazole rings is 1. The Morgan fingerprint density at radius 3 is 2.56 bits per heavy atom. The number of aliphatic hydroxyl groups is 1. The molecule has 1 aliphatic heterocycles. The first kappa shape index (κ1) is 21.4. The van der Waals surface area contributed by atoms with Crippen LogP contribution in [0.25, 0.3) is 16.0 Å². The molecule has 3 heterocycles. The van der Waals surface area contributed by atoms with Crippen LogP contribution < -0.4 is 4.90 Å². The molecule has 1 N–H and O–H groups in total. The minimum atomic E-state index is -1.02. The van der Waals surface area contributed by atoms with Crippen molar-refractivity contribution in [2.75, 3.05) is 4.90 Å². The number of carbonyl (C=O) groups is 2. The Morgan fingerprint density at radius 1 is 1.12 bits per heavy atom. The summed E-state index contributed by atoms with van der Waals surface area (Å²) in [6.45, 7) is 1.90. The van der Waals surface area contributed by atoms with Crippen molar-refractivity contribution in [1.82, 2.24) is 9.97 Å². The van der Waals surface area contributed by atoms with Gasteiger partial charge in [-0.2, -0.15) is 0 Å². The number of nitro benzene ring substituents is 1. The van der Waals surface area contributed by atoms with Gasteiger partial charge in [0.1, 0.15) is 11.8 Å². The number of fused-ring (bicyclic) bond motifs is 1. The van der Waals surface area contributed by atoms with E-state index < -0.39 is 22.7 Å². The summed E-state index contributed by atoms with van der Waals surface area (Å²) < 4.78 is 0.490. The maximum atomic E-state index is 13.2. The van der Waals surface area contributed by atoms with Gasteiger partial charge >= 0.3 is 5.91 Å². The lowest BCUT2D eigenvalue weighted by Gasteiger charge is -2.21. The van der Waals surface area contributed by atoms with Crippen LogP contribution in [0.1, 0.15) is 22.9 Å². The molecule has 34 heavy (non-hydrogen) atoms. The molecular weight excluding hydrogens is 456 g/mol. The molecule has 0 bridgehead atoms. The molecule has 1 amide bonds. The number of amides is 1. The molecule has 0 radical (unpaired) electrons. The van der Waals surface area contributed by atoms with Crippen molar-refractivity contribution in [1.29, 1.82) is 0 Å². The van der Waals surface area contributed by atoms with Gasteiger partial charge in [0.15, 0.2) is 5.13 Å². The van der Waals surface area contributed by atoms with Gasteiger partial charge in [-0.3, -0.25) is 29.6 Å². The summed E-state index contributed by atoms with van der Waals surface area (Å²) in [7, 11) is 0. The normalized spacial score (nSPS) is 17.4.